The zero-order chi connectivity index (χ0) is 24.4. The smallest absolute Gasteiger partial charge is 0.274 e. The van der Waals surface area contributed by atoms with Gasteiger partial charge in [-0.3, -0.25) is 4.79 Å². The monoisotopic (exact) mass is 465 g/mol. The van der Waals surface area contributed by atoms with E-state index >= 15 is 0 Å². The molecule has 0 fully saturated rings. The predicted molar refractivity (Wildman–Crippen MR) is 132 cm³/mol. The van der Waals surface area contributed by atoms with E-state index in [0.717, 1.165) is 53.6 Å². The number of hydrogen-bond donors (Lipinski definition) is 1. The van der Waals surface area contributed by atoms with Gasteiger partial charge in [0.2, 0.25) is 0 Å². The number of methoxy groups -OCH3 is 2. The summed E-state index contributed by atoms with van der Waals surface area (Å²) >= 11 is 0. The van der Waals surface area contributed by atoms with Crippen LogP contribution in [-0.2, 0) is 9.47 Å². The summed E-state index contributed by atoms with van der Waals surface area (Å²) in [5.41, 5.74) is 6.80. The highest BCUT2D eigenvalue weighted by Gasteiger charge is 2.27. The molecule has 0 bridgehead atoms. The van der Waals surface area contributed by atoms with E-state index in [4.69, 9.17) is 14.0 Å². The number of ether oxygens (including phenoxy) is 2. The normalized spacial score (nSPS) is 22.1. The first kappa shape index (κ1) is 24.1. The largest absolute Gasteiger partial charge is 0.497 e. The maximum Gasteiger partial charge on any atom is 0.274 e. The van der Waals surface area contributed by atoms with Crippen LogP contribution in [0, 0.1) is 5.92 Å². The quantitative estimate of drug-likeness (QED) is 0.721. The minimum absolute atomic E-state index is 0.229. The fraction of sp³-hybridized carbons (Fsp3) is 0.481. The van der Waals surface area contributed by atoms with Gasteiger partial charge >= 0.3 is 0 Å². The molecule has 0 atom stereocenters. The molecule has 0 spiro atoms. The van der Waals surface area contributed by atoms with E-state index in [2.05, 4.69) is 48.4 Å². The topological polar surface area (TPSA) is 76.8 Å². The Morgan fingerprint density at radius 1 is 1.21 bits per heavy atom. The molecule has 0 unspecified atom stereocenters. The van der Waals surface area contributed by atoms with Crippen LogP contribution >= 0.6 is 0 Å². The zero-order valence-corrected chi connectivity index (χ0v) is 21.1. The molecular weight excluding hydrogens is 430 g/mol. The van der Waals surface area contributed by atoms with Gasteiger partial charge in [0.05, 0.1) is 19.4 Å². The third-order valence-electron chi connectivity index (χ3n) is 6.80. The molecule has 0 radical (unpaired) electrons. The van der Waals surface area contributed by atoms with Crippen LogP contribution in [-0.4, -0.2) is 56.9 Å². The number of carbonyl (C=O) groups is 1. The molecule has 2 heterocycles. The number of aromatic nitrogens is 1. The number of amides is 1. The molecule has 0 saturated carbocycles. The van der Waals surface area contributed by atoms with Gasteiger partial charge < -0.3 is 24.2 Å². The van der Waals surface area contributed by atoms with Crippen molar-refractivity contribution in [2.75, 3.05) is 40.9 Å². The van der Waals surface area contributed by atoms with Crippen molar-refractivity contribution in [2.45, 2.75) is 40.0 Å². The number of allylic oxidation sites excluding steroid dienone is 4. The second-order valence-corrected chi connectivity index (χ2v) is 9.36. The summed E-state index contributed by atoms with van der Waals surface area (Å²) in [6.07, 6.45) is 8.63. The molecule has 4 rings (SSSR count). The minimum Gasteiger partial charge on any atom is -0.497 e. The first-order valence-corrected chi connectivity index (χ1v) is 12.0. The Bertz CT molecular complexity index is 1230. The first-order valence-electron chi connectivity index (χ1n) is 12.0. The molecule has 1 aromatic rings. The fourth-order valence-electron chi connectivity index (χ4n) is 4.91. The molecule has 0 saturated heterocycles. The average molecular weight is 466 g/mol. The summed E-state index contributed by atoms with van der Waals surface area (Å²) in [5, 5.41) is 7.91. The summed E-state index contributed by atoms with van der Waals surface area (Å²) < 4.78 is 17.3. The van der Waals surface area contributed by atoms with Crippen molar-refractivity contribution >= 4 is 17.1 Å². The lowest BCUT2D eigenvalue weighted by Crippen LogP contribution is -2.36. The van der Waals surface area contributed by atoms with Gasteiger partial charge in [-0.1, -0.05) is 36.7 Å². The van der Waals surface area contributed by atoms with Crippen molar-refractivity contribution in [3.8, 4) is 0 Å². The highest BCUT2D eigenvalue weighted by molar-refractivity contribution is 5.93. The van der Waals surface area contributed by atoms with Gasteiger partial charge in [-0.15, -0.1) is 0 Å². The number of rotatable bonds is 5. The van der Waals surface area contributed by atoms with Gasteiger partial charge in [0.1, 0.15) is 11.5 Å². The fourth-order valence-corrected chi connectivity index (χ4v) is 4.91. The summed E-state index contributed by atoms with van der Waals surface area (Å²) in [6, 6.07) is 0. The molecule has 34 heavy (non-hydrogen) atoms. The first-order chi connectivity index (χ1) is 16.4. The maximum absolute atomic E-state index is 13.0. The van der Waals surface area contributed by atoms with E-state index in [9.17, 15) is 4.79 Å². The molecule has 3 aliphatic rings. The van der Waals surface area contributed by atoms with Crippen LogP contribution < -0.4 is 16.0 Å². The lowest BCUT2D eigenvalue weighted by molar-refractivity contribution is 0.0946. The molecule has 1 aliphatic heterocycles. The second kappa shape index (κ2) is 10.1. The summed E-state index contributed by atoms with van der Waals surface area (Å²) in [6.45, 7) is 8.70. The molecule has 1 N–H and O–H groups in total. The van der Waals surface area contributed by atoms with Crippen molar-refractivity contribution in [2.24, 2.45) is 5.92 Å². The molecule has 7 nitrogen and oxygen atoms in total. The number of likely N-dealkylation sites (N-methyl/N-ethyl adjacent to an activating group) is 1. The van der Waals surface area contributed by atoms with E-state index in [0.29, 0.717) is 29.8 Å². The van der Waals surface area contributed by atoms with Crippen LogP contribution in [0.3, 0.4) is 0 Å². The second-order valence-electron chi connectivity index (χ2n) is 9.36. The molecule has 0 aromatic carbocycles. The highest BCUT2D eigenvalue weighted by Crippen LogP contribution is 2.34. The van der Waals surface area contributed by atoms with Crippen LogP contribution in [0.1, 0.15) is 50.5 Å². The standard InChI is InChI=1S/C27H35N3O4/c1-7-28-27(31)25-24(18-8-9-19-15-30(4)11-10-17(19)12-18)26(34-29-25)21-13-20(16(2)3)22(32-5)14-23(21)33-6/h8-9,14,16H,7,10-13,15H2,1-6H3,(H,28,31). The van der Waals surface area contributed by atoms with E-state index in [1.807, 2.05) is 13.0 Å². The van der Waals surface area contributed by atoms with Crippen LogP contribution in [0.15, 0.2) is 51.0 Å². The third kappa shape index (κ3) is 4.49. The summed E-state index contributed by atoms with van der Waals surface area (Å²) in [7, 11) is 5.47. The average Bonchev–Trinajstić information content (AvgIpc) is 3.28. The summed E-state index contributed by atoms with van der Waals surface area (Å²) in [4.78, 5) is 15.3. The van der Waals surface area contributed by atoms with Crippen LogP contribution in [0.5, 0.6) is 0 Å². The Kier molecular flexibility index (Phi) is 7.12. The van der Waals surface area contributed by atoms with Gasteiger partial charge in [-0.25, -0.2) is 0 Å². The van der Waals surface area contributed by atoms with E-state index in [1.165, 1.54) is 11.1 Å². The van der Waals surface area contributed by atoms with Crippen molar-refractivity contribution in [3.63, 3.8) is 0 Å². The van der Waals surface area contributed by atoms with E-state index < -0.39 is 0 Å². The van der Waals surface area contributed by atoms with Crippen molar-refractivity contribution in [1.82, 2.24) is 15.4 Å². The van der Waals surface area contributed by atoms with Gasteiger partial charge in [-0.05, 0) is 49.5 Å². The third-order valence-corrected chi connectivity index (χ3v) is 6.80. The minimum atomic E-state index is -0.229. The number of carbonyl (C=O) groups excluding carboxylic acids is 1. The molecule has 1 amide bonds. The Balaban J connectivity index is 1.96. The lowest BCUT2D eigenvalue weighted by Gasteiger charge is -2.29. The zero-order valence-electron chi connectivity index (χ0n) is 21.1. The molecular formula is C27H35N3O4. The van der Waals surface area contributed by atoms with E-state index in [-0.39, 0.29) is 11.8 Å². The summed E-state index contributed by atoms with van der Waals surface area (Å²) in [5.74, 6) is 1.53. The van der Waals surface area contributed by atoms with Crippen LogP contribution in [0.25, 0.3) is 11.1 Å². The predicted octanol–water partition coefficient (Wildman–Crippen LogP) is 2.81. The Morgan fingerprint density at radius 2 is 1.97 bits per heavy atom. The van der Waals surface area contributed by atoms with E-state index in [1.54, 1.807) is 14.2 Å². The van der Waals surface area contributed by atoms with Gasteiger partial charge in [-0.2, -0.15) is 0 Å². The van der Waals surface area contributed by atoms with Crippen LogP contribution in [0.2, 0.25) is 0 Å². The van der Waals surface area contributed by atoms with Gasteiger partial charge in [0.25, 0.3) is 5.91 Å². The van der Waals surface area contributed by atoms with Crippen LogP contribution in [0.4, 0.5) is 0 Å². The highest BCUT2D eigenvalue weighted by atomic mass is 16.5. The molecule has 7 heteroatoms. The van der Waals surface area contributed by atoms with Crippen molar-refractivity contribution < 1.29 is 18.8 Å². The number of hydrogen-bond acceptors (Lipinski definition) is 6. The van der Waals surface area contributed by atoms with Crippen molar-refractivity contribution in [3.05, 3.63) is 62.8 Å². The molecule has 1 aromatic heterocycles. The number of nitrogens with zero attached hydrogens (tertiary/aromatic N) is 2. The Labute approximate surface area is 201 Å². The van der Waals surface area contributed by atoms with Gasteiger partial charge in [0, 0.05) is 37.7 Å². The SMILES string of the molecule is CCNC(=O)c1noc(=C2CC(C(C)C)=C(OC)C=C2OC)c1=C1C=CC2=C(CCN(C)C2)C1. The molecule has 2 aliphatic carbocycles. The van der Waals surface area contributed by atoms with Crippen molar-refractivity contribution in [1.29, 1.82) is 0 Å². The number of nitrogens with one attached hydrogen (secondary N) is 1. The molecule has 182 valence electrons. The lowest BCUT2D eigenvalue weighted by atomic mass is 9.86. The maximum atomic E-state index is 13.0. The Morgan fingerprint density at radius 3 is 2.65 bits per heavy atom. The Hall–Kier alpha value is -3.06. The van der Waals surface area contributed by atoms with Gasteiger partial charge in [0.15, 0.2) is 11.1 Å².